The van der Waals surface area contributed by atoms with Crippen molar-refractivity contribution >= 4 is 31.8 Å². The lowest BCUT2D eigenvalue weighted by molar-refractivity contribution is 0.602. The number of fused-ring (bicyclic) bond motifs is 2. The van der Waals surface area contributed by atoms with Crippen molar-refractivity contribution in [1.29, 1.82) is 0 Å². The van der Waals surface area contributed by atoms with Gasteiger partial charge in [0, 0.05) is 17.5 Å². The molecule has 5 aromatic rings. The average molecular weight is 400 g/mol. The van der Waals surface area contributed by atoms with Crippen LogP contribution in [0.3, 0.4) is 0 Å². The third-order valence-corrected chi connectivity index (χ3v) is 5.98. The van der Waals surface area contributed by atoms with Crippen molar-refractivity contribution in [3.05, 3.63) is 79.3 Å². The molecule has 3 aromatic carbocycles. The quantitative estimate of drug-likeness (QED) is 0.457. The van der Waals surface area contributed by atoms with Gasteiger partial charge in [0.25, 0.3) is 0 Å². The lowest BCUT2D eigenvalue weighted by atomic mass is 10.1. The van der Waals surface area contributed by atoms with Crippen molar-refractivity contribution in [2.45, 2.75) is 4.90 Å². The second-order valence-electron chi connectivity index (χ2n) is 6.83. The first kappa shape index (κ1) is 17.5. The second kappa shape index (κ2) is 6.49. The Hall–Kier alpha value is -3.58. The lowest BCUT2D eigenvalue weighted by Crippen LogP contribution is -2.00. The molecule has 6 nitrogen and oxygen atoms in total. The van der Waals surface area contributed by atoms with E-state index in [1.165, 1.54) is 12.6 Å². The van der Waals surface area contributed by atoms with Crippen LogP contribution in [0.4, 0.5) is 0 Å². The van der Waals surface area contributed by atoms with Gasteiger partial charge in [-0.25, -0.2) is 23.4 Å². The number of benzene rings is 3. The number of sulfone groups is 1. The fourth-order valence-electron chi connectivity index (χ4n) is 3.44. The maximum Gasteiger partial charge on any atom is 0.175 e. The van der Waals surface area contributed by atoms with Crippen LogP contribution < -0.4 is 0 Å². The summed E-state index contributed by atoms with van der Waals surface area (Å²) in [6.45, 7) is 0. The molecule has 0 saturated carbocycles. The third-order valence-electron chi connectivity index (χ3n) is 4.85. The van der Waals surface area contributed by atoms with E-state index in [9.17, 15) is 8.42 Å². The molecule has 0 aliphatic carbocycles. The van der Waals surface area contributed by atoms with Crippen molar-refractivity contribution in [1.82, 2.24) is 19.5 Å². The summed E-state index contributed by atoms with van der Waals surface area (Å²) < 4.78 is 25.6. The Morgan fingerprint density at radius 2 is 1.66 bits per heavy atom. The summed E-state index contributed by atoms with van der Waals surface area (Å²) in [6, 6.07) is 21.1. The van der Waals surface area contributed by atoms with Gasteiger partial charge in [-0.15, -0.1) is 0 Å². The number of hydrogen-bond donors (Lipinski definition) is 0. The lowest BCUT2D eigenvalue weighted by Gasteiger charge is -2.10. The van der Waals surface area contributed by atoms with Gasteiger partial charge in [-0.3, -0.25) is 4.57 Å². The number of rotatable bonds is 3. The summed E-state index contributed by atoms with van der Waals surface area (Å²) in [5.74, 6) is 0.677. The minimum Gasteiger partial charge on any atom is -0.277 e. The predicted molar refractivity (Wildman–Crippen MR) is 113 cm³/mol. The molecule has 0 aliphatic heterocycles. The number of nitrogens with zero attached hydrogens (tertiary/aromatic N) is 4. The zero-order valence-electron chi connectivity index (χ0n) is 15.5. The monoisotopic (exact) mass is 400 g/mol. The van der Waals surface area contributed by atoms with Gasteiger partial charge in [-0.2, -0.15) is 0 Å². The molecule has 0 fully saturated rings. The summed E-state index contributed by atoms with van der Waals surface area (Å²) in [5, 5.41) is 2.26. The second-order valence-corrected chi connectivity index (χ2v) is 8.85. The van der Waals surface area contributed by atoms with Crippen LogP contribution in [0.2, 0.25) is 0 Å². The zero-order chi connectivity index (χ0) is 20.0. The molecule has 0 N–H and O–H groups in total. The van der Waals surface area contributed by atoms with Crippen LogP contribution in [0.25, 0.3) is 39.0 Å². The summed E-state index contributed by atoms with van der Waals surface area (Å²) in [6.07, 6.45) is 4.37. The fourth-order valence-corrected chi connectivity index (χ4v) is 4.07. The average Bonchev–Trinajstić information content (AvgIpc) is 3.12. The van der Waals surface area contributed by atoms with E-state index in [0.29, 0.717) is 17.0 Å². The Labute approximate surface area is 167 Å². The van der Waals surface area contributed by atoms with Gasteiger partial charge in [0.2, 0.25) is 0 Å². The zero-order valence-corrected chi connectivity index (χ0v) is 16.3. The highest BCUT2D eigenvalue weighted by Crippen LogP contribution is 2.29. The van der Waals surface area contributed by atoms with Crippen molar-refractivity contribution in [3.63, 3.8) is 0 Å². The van der Waals surface area contributed by atoms with Crippen LogP contribution in [0.5, 0.6) is 0 Å². The Balaban J connectivity index is 1.76. The van der Waals surface area contributed by atoms with Gasteiger partial charge < -0.3 is 0 Å². The molecule has 0 aliphatic rings. The molecule has 5 rings (SSSR count). The van der Waals surface area contributed by atoms with E-state index in [1.54, 1.807) is 30.5 Å². The molecule has 0 amide bonds. The molecular formula is C22H16N4O2S. The summed E-state index contributed by atoms with van der Waals surface area (Å²) in [7, 11) is -3.26. The molecule has 0 bridgehead atoms. The molecule has 7 heteroatoms. The van der Waals surface area contributed by atoms with Crippen LogP contribution in [0, 0.1) is 0 Å². The van der Waals surface area contributed by atoms with E-state index >= 15 is 0 Å². The minimum absolute atomic E-state index is 0.273. The highest BCUT2D eigenvalue weighted by molar-refractivity contribution is 7.90. The van der Waals surface area contributed by atoms with Crippen LogP contribution >= 0.6 is 0 Å². The maximum atomic E-state index is 11.8. The predicted octanol–water partition coefficient (Wildman–Crippen LogP) is 4.04. The van der Waals surface area contributed by atoms with Crippen molar-refractivity contribution in [2.75, 3.05) is 6.26 Å². The molecule has 29 heavy (non-hydrogen) atoms. The highest BCUT2D eigenvalue weighted by Gasteiger charge is 2.16. The van der Waals surface area contributed by atoms with E-state index in [2.05, 4.69) is 34.2 Å². The maximum absolute atomic E-state index is 11.8. The first-order chi connectivity index (χ1) is 14.0. The van der Waals surface area contributed by atoms with E-state index in [-0.39, 0.29) is 4.90 Å². The molecule has 0 unspecified atom stereocenters. The van der Waals surface area contributed by atoms with Crippen molar-refractivity contribution < 1.29 is 8.42 Å². The molecule has 0 atom stereocenters. The van der Waals surface area contributed by atoms with Gasteiger partial charge in [0.15, 0.2) is 15.5 Å². The SMILES string of the molecule is CS(=O)(=O)c1ccc(-c2nc3cncnc3n2-c2ccc3ccccc3c2)cc1. The molecule has 142 valence electrons. The molecular weight excluding hydrogens is 384 g/mol. The third kappa shape index (κ3) is 3.05. The molecule has 0 spiro atoms. The van der Waals surface area contributed by atoms with E-state index in [1.807, 2.05) is 22.8 Å². The summed E-state index contributed by atoms with van der Waals surface area (Å²) in [5.41, 5.74) is 3.08. The van der Waals surface area contributed by atoms with Crippen LogP contribution in [-0.4, -0.2) is 34.2 Å². The Morgan fingerprint density at radius 1 is 0.897 bits per heavy atom. The minimum atomic E-state index is -3.26. The van der Waals surface area contributed by atoms with E-state index in [4.69, 9.17) is 4.98 Å². The topological polar surface area (TPSA) is 77.7 Å². The standard InChI is InChI=1S/C22H16N4O2S/c1-29(27,28)19-10-7-16(8-11-19)21-25-20-13-23-14-24-22(20)26(21)18-9-6-15-4-2-3-5-17(15)12-18/h2-14H,1H3. The van der Waals surface area contributed by atoms with E-state index < -0.39 is 9.84 Å². The van der Waals surface area contributed by atoms with Gasteiger partial charge in [0.1, 0.15) is 17.7 Å². The van der Waals surface area contributed by atoms with Crippen LogP contribution in [0.15, 0.2) is 84.1 Å². The Morgan fingerprint density at radius 3 is 2.41 bits per heavy atom. The highest BCUT2D eigenvalue weighted by atomic mass is 32.2. The molecule has 2 aromatic heterocycles. The largest absolute Gasteiger partial charge is 0.277 e. The van der Waals surface area contributed by atoms with Crippen LogP contribution in [-0.2, 0) is 9.84 Å². The van der Waals surface area contributed by atoms with Crippen LogP contribution in [0.1, 0.15) is 0 Å². The first-order valence-electron chi connectivity index (χ1n) is 8.99. The number of aromatic nitrogens is 4. The van der Waals surface area contributed by atoms with Crippen molar-refractivity contribution in [3.8, 4) is 17.1 Å². The first-order valence-corrected chi connectivity index (χ1v) is 10.9. The van der Waals surface area contributed by atoms with Gasteiger partial charge in [-0.05, 0) is 47.2 Å². The normalized spacial score (nSPS) is 11.9. The van der Waals surface area contributed by atoms with Gasteiger partial charge in [0.05, 0.1) is 11.1 Å². The van der Waals surface area contributed by atoms with Gasteiger partial charge >= 0.3 is 0 Å². The molecule has 2 heterocycles. The number of imidazole rings is 1. The summed E-state index contributed by atoms with van der Waals surface area (Å²) >= 11 is 0. The van der Waals surface area contributed by atoms with E-state index in [0.717, 1.165) is 22.0 Å². The molecule has 0 saturated heterocycles. The van der Waals surface area contributed by atoms with Gasteiger partial charge in [-0.1, -0.05) is 30.3 Å². The number of hydrogen-bond acceptors (Lipinski definition) is 5. The Bertz CT molecular complexity index is 1470. The molecule has 0 radical (unpaired) electrons. The van der Waals surface area contributed by atoms with Crippen molar-refractivity contribution in [2.24, 2.45) is 0 Å². The fraction of sp³-hybridized carbons (Fsp3) is 0.0455. The summed E-state index contributed by atoms with van der Waals surface area (Å²) in [4.78, 5) is 13.5. The smallest absolute Gasteiger partial charge is 0.175 e. The Kier molecular flexibility index (Phi) is 3.92.